The van der Waals surface area contributed by atoms with Gasteiger partial charge in [-0.3, -0.25) is 0 Å². The van der Waals surface area contributed by atoms with Crippen molar-refractivity contribution >= 4 is 80.0 Å². The van der Waals surface area contributed by atoms with E-state index in [1.54, 1.807) is 0 Å². The predicted octanol–water partition coefficient (Wildman–Crippen LogP) is 16.3. The lowest BCUT2D eigenvalue weighted by molar-refractivity contribution is 0.932. The van der Waals surface area contributed by atoms with Gasteiger partial charge in [-0.05, 0) is 93.8 Å². The number of hydrogen-bond donors (Lipinski definition) is 0. The Morgan fingerprint density at radius 3 is 1.70 bits per heavy atom. The van der Waals surface area contributed by atoms with Crippen LogP contribution in [0.5, 0.6) is 0 Å². The molecule has 57 heavy (non-hydrogen) atoms. The van der Waals surface area contributed by atoms with Crippen molar-refractivity contribution in [3.05, 3.63) is 211 Å². The van der Waals surface area contributed by atoms with Crippen molar-refractivity contribution in [3.8, 4) is 33.4 Å². The van der Waals surface area contributed by atoms with E-state index < -0.39 is 0 Å². The van der Waals surface area contributed by atoms with Gasteiger partial charge in [0.1, 0.15) is 0 Å². The molecule has 0 amide bonds. The summed E-state index contributed by atoms with van der Waals surface area (Å²) in [4.78, 5) is 2.56. The van der Waals surface area contributed by atoms with Gasteiger partial charge in [0.2, 0.25) is 0 Å². The van der Waals surface area contributed by atoms with Crippen molar-refractivity contribution in [2.45, 2.75) is 12.8 Å². The van der Waals surface area contributed by atoms with Crippen LogP contribution >= 0.6 is 22.7 Å². The van der Waals surface area contributed by atoms with Gasteiger partial charge >= 0.3 is 0 Å². The van der Waals surface area contributed by atoms with E-state index in [4.69, 9.17) is 0 Å². The van der Waals surface area contributed by atoms with Crippen LogP contribution in [0.25, 0.3) is 79.3 Å². The fourth-order valence-electron chi connectivity index (χ4n) is 8.58. The summed E-state index contributed by atoms with van der Waals surface area (Å²) in [6.07, 6.45) is 6.63. The number of thiophene rings is 2. The minimum Gasteiger partial charge on any atom is -0.313 e. The van der Waals surface area contributed by atoms with Crippen LogP contribution in [0.1, 0.15) is 18.4 Å². The van der Waals surface area contributed by atoms with Gasteiger partial charge in [0, 0.05) is 51.7 Å². The molecule has 0 N–H and O–H groups in total. The summed E-state index contributed by atoms with van der Waals surface area (Å²) >= 11 is 3.80. The lowest BCUT2D eigenvalue weighted by Crippen LogP contribution is -2.18. The Morgan fingerprint density at radius 1 is 0.386 bits per heavy atom. The molecule has 0 saturated heterocycles. The molecule has 2 heterocycles. The van der Waals surface area contributed by atoms with Crippen molar-refractivity contribution in [1.82, 2.24) is 0 Å². The molecule has 3 heteroatoms. The Hall–Kier alpha value is -6.52. The van der Waals surface area contributed by atoms with Crippen molar-refractivity contribution < 1.29 is 0 Å². The van der Waals surface area contributed by atoms with Gasteiger partial charge in [-0.1, -0.05) is 164 Å². The summed E-state index contributed by atoms with van der Waals surface area (Å²) in [6.45, 7) is 0. The van der Waals surface area contributed by atoms with Gasteiger partial charge in [-0.2, -0.15) is 0 Å². The van der Waals surface area contributed by atoms with Crippen molar-refractivity contribution in [1.29, 1.82) is 0 Å². The second-order valence-corrected chi connectivity index (χ2v) is 16.9. The summed E-state index contributed by atoms with van der Waals surface area (Å²) in [5.74, 6) is 0. The number of benzene rings is 8. The average Bonchev–Trinajstić information content (AvgIpc) is 3.86. The van der Waals surface area contributed by atoms with Crippen molar-refractivity contribution in [2.24, 2.45) is 0 Å². The summed E-state index contributed by atoms with van der Waals surface area (Å²) < 4.78 is 5.25. The van der Waals surface area contributed by atoms with E-state index in [1.807, 2.05) is 22.7 Å². The van der Waals surface area contributed by atoms with Crippen LogP contribution in [-0.2, 0) is 0 Å². The minimum atomic E-state index is 0.932. The average molecular weight is 764 g/mol. The zero-order valence-electron chi connectivity index (χ0n) is 31.2. The SMILES string of the molecule is C1=C(c2ccc(-c3ccccc3)cc2)CCC(N(c2ccc3c(c2)sc2cc(-c4ccccc4)ccc23)c2ccc(-c3ccccc3)c3sc4ccccc4c23)=C1. The topological polar surface area (TPSA) is 3.24 Å². The lowest BCUT2D eigenvalue weighted by Gasteiger charge is -2.31. The predicted molar refractivity (Wildman–Crippen MR) is 249 cm³/mol. The van der Waals surface area contributed by atoms with Gasteiger partial charge in [0.25, 0.3) is 0 Å². The first kappa shape index (κ1) is 33.8. The molecular formula is C54H37NS2. The fraction of sp³-hybridized carbons (Fsp3) is 0.0370. The Kier molecular flexibility index (Phi) is 8.42. The van der Waals surface area contributed by atoms with E-state index >= 15 is 0 Å². The number of allylic oxidation sites excluding steroid dienone is 4. The van der Waals surface area contributed by atoms with Gasteiger partial charge in [-0.15, -0.1) is 22.7 Å². The highest BCUT2D eigenvalue weighted by Gasteiger charge is 2.24. The summed E-state index contributed by atoms with van der Waals surface area (Å²) in [5, 5.41) is 5.24. The fourth-order valence-corrected chi connectivity index (χ4v) is 11.0. The van der Waals surface area contributed by atoms with E-state index in [0.29, 0.717) is 0 Å². The monoisotopic (exact) mass is 763 g/mol. The Bertz CT molecular complexity index is 3150. The molecule has 0 unspecified atom stereocenters. The minimum absolute atomic E-state index is 0.932. The van der Waals surface area contributed by atoms with E-state index in [9.17, 15) is 0 Å². The molecule has 0 spiro atoms. The molecule has 8 aromatic carbocycles. The summed E-state index contributed by atoms with van der Waals surface area (Å²) in [5.41, 5.74) is 13.9. The maximum absolute atomic E-state index is 2.56. The van der Waals surface area contributed by atoms with Gasteiger partial charge in [0.05, 0.1) is 5.69 Å². The van der Waals surface area contributed by atoms with Crippen LogP contribution < -0.4 is 4.90 Å². The van der Waals surface area contributed by atoms with Gasteiger partial charge in [-0.25, -0.2) is 0 Å². The van der Waals surface area contributed by atoms with Crippen LogP contribution in [0.3, 0.4) is 0 Å². The van der Waals surface area contributed by atoms with Gasteiger partial charge in [0.15, 0.2) is 0 Å². The van der Waals surface area contributed by atoms with Crippen molar-refractivity contribution in [2.75, 3.05) is 4.90 Å². The van der Waals surface area contributed by atoms with E-state index in [-0.39, 0.29) is 0 Å². The standard InChI is InChI=1S/C54H37NS2/c1-4-12-36(13-5-1)38-20-22-39(23-21-38)40-24-27-43(28-25-40)55(44-29-31-47-46-30-26-42(37-14-6-2-7-15-37)34-51(46)56-52(47)35-44)49-33-32-45(41-16-8-3-9-17-41)54-53(49)48-18-10-11-19-50(48)57-54/h1-24,26-27,29-35H,25,28H2. The highest BCUT2D eigenvalue weighted by molar-refractivity contribution is 7.26. The molecule has 1 aliphatic carbocycles. The molecule has 0 radical (unpaired) electrons. The molecule has 1 aliphatic rings. The molecule has 1 nitrogen and oxygen atoms in total. The van der Waals surface area contributed by atoms with E-state index in [2.05, 4.69) is 205 Å². The first-order valence-electron chi connectivity index (χ1n) is 19.6. The Labute approximate surface area is 340 Å². The molecule has 10 aromatic rings. The largest absolute Gasteiger partial charge is 0.313 e. The molecule has 270 valence electrons. The number of fused-ring (bicyclic) bond motifs is 6. The second-order valence-electron chi connectivity index (χ2n) is 14.8. The number of hydrogen-bond acceptors (Lipinski definition) is 3. The highest BCUT2D eigenvalue weighted by Crippen LogP contribution is 2.49. The molecule has 0 bridgehead atoms. The molecule has 0 saturated carbocycles. The first-order valence-corrected chi connectivity index (χ1v) is 21.3. The van der Waals surface area contributed by atoms with Crippen LogP contribution in [-0.4, -0.2) is 0 Å². The third-order valence-corrected chi connectivity index (χ3v) is 13.7. The smallest absolute Gasteiger partial charge is 0.0552 e. The Morgan fingerprint density at radius 2 is 0.982 bits per heavy atom. The second kappa shape index (κ2) is 14.2. The third-order valence-electron chi connectivity index (χ3n) is 11.4. The van der Waals surface area contributed by atoms with E-state index in [0.717, 1.165) is 12.8 Å². The number of nitrogens with zero attached hydrogens (tertiary/aromatic N) is 1. The zero-order valence-corrected chi connectivity index (χ0v) is 32.9. The van der Waals surface area contributed by atoms with Crippen LogP contribution in [0.4, 0.5) is 11.4 Å². The molecular weight excluding hydrogens is 727 g/mol. The summed E-state index contributed by atoms with van der Waals surface area (Å²) in [7, 11) is 0. The third kappa shape index (κ3) is 6.08. The molecule has 11 rings (SSSR count). The number of rotatable bonds is 7. The zero-order chi connectivity index (χ0) is 37.7. The quantitative estimate of drug-likeness (QED) is 0.156. The van der Waals surface area contributed by atoms with Crippen LogP contribution in [0.15, 0.2) is 206 Å². The van der Waals surface area contributed by atoms with Crippen LogP contribution in [0, 0.1) is 0 Å². The highest BCUT2D eigenvalue weighted by atomic mass is 32.1. The Balaban J connectivity index is 1.07. The maximum atomic E-state index is 2.56. The molecule has 0 fully saturated rings. The van der Waals surface area contributed by atoms with Gasteiger partial charge < -0.3 is 4.90 Å². The summed E-state index contributed by atoms with van der Waals surface area (Å²) in [6, 6.07) is 69.0. The van der Waals surface area contributed by atoms with Crippen LogP contribution in [0.2, 0.25) is 0 Å². The number of anilines is 2. The first-order chi connectivity index (χ1) is 28.2. The molecule has 2 aromatic heterocycles. The van der Waals surface area contributed by atoms with E-state index in [1.165, 1.54) is 102 Å². The molecule has 0 aliphatic heterocycles. The molecule has 0 atom stereocenters. The van der Waals surface area contributed by atoms with Crippen molar-refractivity contribution in [3.63, 3.8) is 0 Å². The lowest BCUT2D eigenvalue weighted by atomic mass is 9.93. The maximum Gasteiger partial charge on any atom is 0.0552 e. The normalized spacial score (nSPS) is 13.0.